The van der Waals surface area contributed by atoms with E-state index in [0.717, 1.165) is 16.9 Å². The smallest absolute Gasteiger partial charge is 0.338 e. The van der Waals surface area contributed by atoms with Gasteiger partial charge in [-0.2, -0.15) is 0 Å². The Hall–Kier alpha value is -4.32. The van der Waals surface area contributed by atoms with Crippen molar-refractivity contribution in [2.75, 3.05) is 20.3 Å². The van der Waals surface area contributed by atoms with Crippen LogP contribution >= 0.6 is 22.9 Å². The van der Waals surface area contributed by atoms with Crippen LogP contribution in [0, 0.1) is 24.0 Å². The van der Waals surface area contributed by atoms with E-state index in [9.17, 15) is 19.7 Å². The van der Waals surface area contributed by atoms with Crippen molar-refractivity contribution >= 4 is 40.7 Å². The minimum Gasteiger partial charge on any atom is -0.460 e. The Balaban J connectivity index is 1.59. The molecule has 4 aromatic rings. The number of methoxy groups -OCH3 is 1. The number of furan rings is 1. The molecule has 0 radical (unpaired) electrons. The Morgan fingerprint density at radius 2 is 1.90 bits per heavy atom. The van der Waals surface area contributed by atoms with Gasteiger partial charge in [0, 0.05) is 35.4 Å². The predicted octanol–water partition coefficient (Wildman–Crippen LogP) is 4.86. The number of benzene rings is 2. The third-order valence-electron chi connectivity index (χ3n) is 6.97. The molecule has 1 atom stereocenters. The number of carbonyl (C=O) groups excluding carboxylic acids is 1. The molecule has 10 nitrogen and oxygen atoms in total. The number of ether oxygens (including phenoxy) is 2. The fraction of sp³-hybridized carbons (Fsp3) is 0.233. The van der Waals surface area contributed by atoms with Crippen molar-refractivity contribution in [2.45, 2.75) is 26.8 Å². The van der Waals surface area contributed by atoms with Crippen molar-refractivity contribution in [1.29, 1.82) is 0 Å². The summed E-state index contributed by atoms with van der Waals surface area (Å²) >= 11 is 7.28. The maximum atomic E-state index is 13.8. The number of nitro groups is 1. The zero-order valence-electron chi connectivity index (χ0n) is 23.2. The van der Waals surface area contributed by atoms with Crippen LogP contribution in [-0.2, 0) is 14.3 Å². The lowest BCUT2D eigenvalue weighted by Gasteiger charge is -2.24. The summed E-state index contributed by atoms with van der Waals surface area (Å²) < 4.78 is 18.2. The van der Waals surface area contributed by atoms with Crippen LogP contribution in [0.1, 0.15) is 35.4 Å². The van der Waals surface area contributed by atoms with Crippen LogP contribution in [0.25, 0.3) is 17.4 Å². The maximum absolute atomic E-state index is 13.8. The van der Waals surface area contributed by atoms with E-state index in [-0.39, 0.29) is 30.0 Å². The van der Waals surface area contributed by atoms with Gasteiger partial charge < -0.3 is 13.9 Å². The van der Waals surface area contributed by atoms with Crippen molar-refractivity contribution < 1.29 is 23.6 Å². The minimum absolute atomic E-state index is 0.00498. The number of esters is 1. The molecule has 2 aromatic carbocycles. The number of halogens is 1. The van der Waals surface area contributed by atoms with E-state index in [0.29, 0.717) is 48.3 Å². The van der Waals surface area contributed by atoms with Crippen molar-refractivity contribution in [3.63, 3.8) is 0 Å². The predicted molar refractivity (Wildman–Crippen MR) is 158 cm³/mol. The number of hydrogen-bond donors (Lipinski definition) is 0. The first-order chi connectivity index (χ1) is 20.1. The van der Waals surface area contributed by atoms with Gasteiger partial charge in [-0.3, -0.25) is 19.5 Å². The van der Waals surface area contributed by atoms with E-state index in [2.05, 4.69) is 4.99 Å². The molecule has 0 saturated carbocycles. The number of nitrogens with zero attached hydrogens (tertiary/aromatic N) is 3. The molecule has 3 heterocycles. The molecule has 5 rings (SSSR count). The molecule has 42 heavy (non-hydrogen) atoms. The zero-order chi connectivity index (χ0) is 30.1. The van der Waals surface area contributed by atoms with Gasteiger partial charge in [-0.05, 0) is 62.2 Å². The van der Waals surface area contributed by atoms with Crippen molar-refractivity contribution in [3.05, 3.63) is 117 Å². The van der Waals surface area contributed by atoms with Crippen molar-refractivity contribution in [3.8, 4) is 11.3 Å². The van der Waals surface area contributed by atoms with Crippen LogP contribution in [0.3, 0.4) is 0 Å². The number of rotatable bonds is 8. The fourth-order valence-electron chi connectivity index (χ4n) is 4.73. The van der Waals surface area contributed by atoms with E-state index in [4.69, 9.17) is 25.5 Å². The van der Waals surface area contributed by atoms with Crippen LogP contribution in [0.15, 0.2) is 74.0 Å². The standard InChI is InChI=1S/C30H26ClN3O7S/c1-16-13-20(14-23(17(16)2)34(37)38)24-10-9-22(41-24)15-25-28(35)33-27(19-5-7-21(31)8-6-19)26(18(3)32-30(33)42-25)29(36)40-12-11-39-4/h5-10,13-15,27H,11-12H2,1-4H3. The van der Waals surface area contributed by atoms with E-state index < -0.39 is 16.9 Å². The fourth-order valence-corrected chi connectivity index (χ4v) is 5.88. The zero-order valence-corrected chi connectivity index (χ0v) is 24.7. The summed E-state index contributed by atoms with van der Waals surface area (Å²) in [5.41, 5.74) is 2.88. The number of allylic oxidation sites excluding steroid dienone is 1. The van der Waals surface area contributed by atoms with Gasteiger partial charge in [0.25, 0.3) is 11.2 Å². The first-order valence-corrected chi connectivity index (χ1v) is 14.1. The number of aryl methyl sites for hydroxylation is 1. The van der Waals surface area contributed by atoms with Crippen molar-refractivity contribution in [1.82, 2.24) is 4.57 Å². The Kier molecular flexibility index (Phi) is 8.26. The molecule has 0 aliphatic carbocycles. The van der Waals surface area contributed by atoms with Crippen LogP contribution < -0.4 is 14.9 Å². The van der Waals surface area contributed by atoms with Gasteiger partial charge in [0.2, 0.25) is 0 Å². The second-order valence-corrected chi connectivity index (χ2v) is 11.1. The molecular formula is C30H26ClN3O7S. The van der Waals surface area contributed by atoms with E-state index in [1.54, 1.807) is 63.2 Å². The molecule has 0 amide bonds. The van der Waals surface area contributed by atoms with Gasteiger partial charge >= 0.3 is 5.97 Å². The van der Waals surface area contributed by atoms with E-state index >= 15 is 0 Å². The average Bonchev–Trinajstić information content (AvgIpc) is 3.54. The van der Waals surface area contributed by atoms with Gasteiger partial charge in [-0.15, -0.1) is 0 Å². The quantitative estimate of drug-likeness (QED) is 0.121. The lowest BCUT2D eigenvalue weighted by atomic mass is 9.96. The summed E-state index contributed by atoms with van der Waals surface area (Å²) in [7, 11) is 1.51. The number of aromatic nitrogens is 1. The summed E-state index contributed by atoms with van der Waals surface area (Å²) in [5.74, 6) is 0.214. The summed E-state index contributed by atoms with van der Waals surface area (Å²) in [5, 5.41) is 12.0. The van der Waals surface area contributed by atoms with E-state index in [1.807, 2.05) is 6.07 Å². The molecule has 0 N–H and O–H groups in total. The van der Waals surface area contributed by atoms with Gasteiger partial charge in [0.05, 0.1) is 33.4 Å². The molecule has 1 aliphatic heterocycles. The summed E-state index contributed by atoms with van der Waals surface area (Å²) in [6, 6.07) is 12.8. The SMILES string of the molecule is COCCOC(=O)C1=C(C)N=c2sc(=Cc3ccc(-c4cc(C)c(C)c([N+](=O)[O-])c4)o3)c(=O)n2C1c1ccc(Cl)cc1. The van der Waals surface area contributed by atoms with Crippen LogP contribution in [0.5, 0.6) is 0 Å². The first kappa shape index (κ1) is 29.2. The highest BCUT2D eigenvalue weighted by molar-refractivity contribution is 7.07. The molecule has 12 heteroatoms. The first-order valence-electron chi connectivity index (χ1n) is 12.9. The highest BCUT2D eigenvalue weighted by Crippen LogP contribution is 2.32. The number of fused-ring (bicyclic) bond motifs is 1. The normalized spacial score (nSPS) is 15.0. The highest BCUT2D eigenvalue weighted by atomic mass is 35.5. The topological polar surface area (TPSA) is 126 Å². The monoisotopic (exact) mass is 607 g/mol. The lowest BCUT2D eigenvalue weighted by Crippen LogP contribution is -2.40. The maximum Gasteiger partial charge on any atom is 0.338 e. The minimum atomic E-state index is -0.793. The number of thiazole rings is 1. The highest BCUT2D eigenvalue weighted by Gasteiger charge is 2.33. The third-order valence-corrected chi connectivity index (χ3v) is 8.20. The van der Waals surface area contributed by atoms with E-state index in [1.165, 1.54) is 17.7 Å². The molecule has 0 spiro atoms. The lowest BCUT2D eigenvalue weighted by molar-refractivity contribution is -0.385. The Bertz CT molecular complexity index is 1920. The largest absolute Gasteiger partial charge is 0.460 e. The Morgan fingerprint density at radius 1 is 1.17 bits per heavy atom. The van der Waals surface area contributed by atoms with Gasteiger partial charge in [0.1, 0.15) is 18.1 Å². The van der Waals surface area contributed by atoms with Crippen LogP contribution in [0.4, 0.5) is 5.69 Å². The Morgan fingerprint density at radius 3 is 2.60 bits per heavy atom. The summed E-state index contributed by atoms with van der Waals surface area (Å²) in [4.78, 5) is 43.1. The second kappa shape index (κ2) is 11.9. The number of nitro benzene ring substituents is 1. The molecule has 0 bridgehead atoms. The van der Waals surface area contributed by atoms with Gasteiger partial charge in [-0.25, -0.2) is 9.79 Å². The van der Waals surface area contributed by atoms with Gasteiger partial charge in [-0.1, -0.05) is 35.1 Å². The second-order valence-electron chi connectivity index (χ2n) is 9.66. The molecule has 0 saturated heterocycles. The van der Waals surface area contributed by atoms with Crippen molar-refractivity contribution in [2.24, 2.45) is 4.99 Å². The molecule has 1 unspecified atom stereocenters. The molecular weight excluding hydrogens is 582 g/mol. The summed E-state index contributed by atoms with van der Waals surface area (Å²) in [6.45, 7) is 5.48. The average molecular weight is 608 g/mol. The number of hydrogen-bond acceptors (Lipinski definition) is 9. The molecule has 1 aliphatic rings. The summed E-state index contributed by atoms with van der Waals surface area (Å²) in [6.07, 6.45) is 1.59. The third kappa shape index (κ3) is 5.58. The number of carbonyl (C=O) groups is 1. The van der Waals surface area contributed by atoms with Gasteiger partial charge in [0.15, 0.2) is 4.80 Å². The van der Waals surface area contributed by atoms with Crippen LogP contribution in [-0.4, -0.2) is 35.8 Å². The molecule has 216 valence electrons. The Labute approximate surface area is 248 Å². The molecule has 0 fully saturated rings. The molecule has 2 aromatic heterocycles. The van der Waals surface area contributed by atoms with Crippen LogP contribution in [0.2, 0.25) is 5.02 Å².